The number of ether oxygens (including phenoxy) is 1. The van der Waals surface area contributed by atoms with Crippen LogP contribution in [0.4, 0.5) is 36.4 Å². The first-order valence-electron chi connectivity index (χ1n) is 6.53. The van der Waals surface area contributed by atoms with E-state index in [1.54, 1.807) is 0 Å². The topological polar surface area (TPSA) is 38.3 Å². The number of hydrogen-bond acceptors (Lipinski definition) is 2. The van der Waals surface area contributed by atoms with Crippen molar-refractivity contribution in [3.63, 3.8) is 0 Å². The predicted octanol–water partition coefficient (Wildman–Crippen LogP) is 4.44. The van der Waals surface area contributed by atoms with E-state index in [0.29, 0.717) is 0 Å². The van der Waals surface area contributed by atoms with E-state index >= 15 is 0 Å². The van der Waals surface area contributed by atoms with Gasteiger partial charge in [0.15, 0.2) is 29.9 Å². The fourth-order valence-electron chi connectivity index (χ4n) is 1.78. The number of amides is 1. The zero-order valence-electron chi connectivity index (χ0n) is 12.1. The molecule has 0 spiro atoms. The van der Waals surface area contributed by atoms with E-state index in [-0.39, 0.29) is 11.8 Å². The van der Waals surface area contributed by atoms with Crippen LogP contribution in [0.25, 0.3) is 0 Å². The second kappa shape index (κ2) is 6.99. The Labute approximate surface area is 136 Å². The van der Waals surface area contributed by atoms with Crippen molar-refractivity contribution in [1.82, 2.24) is 0 Å². The minimum atomic E-state index is -4.65. The summed E-state index contributed by atoms with van der Waals surface area (Å²) in [5.41, 5.74) is -1.47. The molecule has 0 saturated heterocycles. The van der Waals surface area contributed by atoms with Gasteiger partial charge in [-0.1, -0.05) is 12.1 Å². The van der Waals surface area contributed by atoms with Gasteiger partial charge in [-0.2, -0.15) is 13.2 Å². The number of para-hydroxylation sites is 2. The number of hydrogen-bond donors (Lipinski definition) is 1. The third-order valence-electron chi connectivity index (χ3n) is 2.87. The zero-order valence-corrected chi connectivity index (χ0v) is 12.1. The second-order valence-corrected chi connectivity index (χ2v) is 4.70. The molecule has 10 heteroatoms. The molecule has 0 aliphatic carbocycles. The highest BCUT2D eigenvalue weighted by atomic mass is 19.4. The van der Waals surface area contributed by atoms with E-state index in [0.717, 1.165) is 12.1 Å². The number of halogens is 7. The molecule has 2 aromatic carbocycles. The van der Waals surface area contributed by atoms with Gasteiger partial charge in [-0.3, -0.25) is 4.79 Å². The maximum Gasteiger partial charge on any atom is 0.422 e. The largest absolute Gasteiger partial charge is 0.482 e. The summed E-state index contributed by atoms with van der Waals surface area (Å²) in [7, 11) is 0. The fourth-order valence-corrected chi connectivity index (χ4v) is 1.78. The van der Waals surface area contributed by atoms with E-state index in [2.05, 4.69) is 4.74 Å². The molecule has 2 aromatic rings. The van der Waals surface area contributed by atoms with Crippen LogP contribution in [0, 0.1) is 23.3 Å². The van der Waals surface area contributed by atoms with Gasteiger partial charge >= 0.3 is 6.18 Å². The summed E-state index contributed by atoms with van der Waals surface area (Å²) in [5, 5.41) is 1.95. The first-order valence-corrected chi connectivity index (χ1v) is 6.53. The standard InChI is InChI=1S/C15H8F7NO2/c16-8-5-7(11(17)13(19)12(8)18)14(24)23-9-3-1-2-4-10(9)25-6-15(20,21)22/h1-5H,6H2,(H,23,24). The Hall–Kier alpha value is -2.78. The average Bonchev–Trinajstić information content (AvgIpc) is 2.54. The summed E-state index contributed by atoms with van der Waals surface area (Å²) >= 11 is 0. The zero-order chi connectivity index (χ0) is 18.8. The maximum absolute atomic E-state index is 13.6. The Morgan fingerprint density at radius 3 is 2.28 bits per heavy atom. The molecule has 0 radical (unpaired) electrons. The fraction of sp³-hybridized carbons (Fsp3) is 0.133. The predicted molar refractivity (Wildman–Crippen MR) is 72.2 cm³/mol. The molecule has 1 N–H and O–H groups in total. The van der Waals surface area contributed by atoms with Gasteiger partial charge in [0, 0.05) is 0 Å². The van der Waals surface area contributed by atoms with Crippen LogP contribution in [0.1, 0.15) is 10.4 Å². The summed E-state index contributed by atoms with van der Waals surface area (Å²) in [4.78, 5) is 11.9. The Morgan fingerprint density at radius 1 is 1.00 bits per heavy atom. The summed E-state index contributed by atoms with van der Waals surface area (Å²) in [6.07, 6.45) is -4.65. The van der Waals surface area contributed by atoms with Gasteiger partial charge in [0.1, 0.15) is 5.75 Å². The van der Waals surface area contributed by atoms with Crippen molar-refractivity contribution in [2.45, 2.75) is 6.18 Å². The molecule has 0 aliphatic heterocycles. The van der Waals surface area contributed by atoms with Crippen molar-refractivity contribution in [2.75, 3.05) is 11.9 Å². The molecule has 0 atom stereocenters. The molecule has 0 aliphatic rings. The first kappa shape index (κ1) is 18.6. The van der Waals surface area contributed by atoms with Crippen molar-refractivity contribution < 1.29 is 40.3 Å². The highest BCUT2D eigenvalue weighted by Crippen LogP contribution is 2.27. The Balaban J connectivity index is 2.28. The van der Waals surface area contributed by atoms with E-state index < -0.39 is 53.3 Å². The minimum absolute atomic E-state index is 0.127. The smallest absolute Gasteiger partial charge is 0.422 e. The number of rotatable bonds is 4. The van der Waals surface area contributed by atoms with Crippen molar-refractivity contribution in [2.24, 2.45) is 0 Å². The molecule has 0 fully saturated rings. The number of carbonyl (C=O) groups excluding carboxylic acids is 1. The average molecular weight is 367 g/mol. The van der Waals surface area contributed by atoms with Crippen LogP contribution in [-0.4, -0.2) is 18.7 Å². The van der Waals surface area contributed by atoms with Crippen molar-refractivity contribution in [3.8, 4) is 5.75 Å². The lowest BCUT2D eigenvalue weighted by Crippen LogP contribution is -2.21. The number of carbonyl (C=O) groups is 1. The molecule has 0 bridgehead atoms. The molecule has 134 valence electrons. The van der Waals surface area contributed by atoms with Crippen LogP contribution >= 0.6 is 0 Å². The van der Waals surface area contributed by atoms with Gasteiger partial charge in [0.25, 0.3) is 5.91 Å². The van der Waals surface area contributed by atoms with Crippen molar-refractivity contribution in [1.29, 1.82) is 0 Å². The van der Waals surface area contributed by atoms with Gasteiger partial charge in [-0.15, -0.1) is 0 Å². The Morgan fingerprint density at radius 2 is 1.64 bits per heavy atom. The lowest BCUT2D eigenvalue weighted by molar-refractivity contribution is -0.153. The lowest BCUT2D eigenvalue weighted by Gasteiger charge is -2.14. The second-order valence-electron chi connectivity index (χ2n) is 4.70. The van der Waals surface area contributed by atoms with Gasteiger partial charge < -0.3 is 10.1 Å². The molecule has 25 heavy (non-hydrogen) atoms. The van der Waals surface area contributed by atoms with Gasteiger partial charge in [0.05, 0.1) is 11.3 Å². The van der Waals surface area contributed by atoms with E-state index in [4.69, 9.17) is 0 Å². The summed E-state index contributed by atoms with van der Waals surface area (Å²) < 4.78 is 93.9. The molecule has 1 amide bonds. The molecule has 0 saturated carbocycles. The van der Waals surface area contributed by atoms with Crippen molar-refractivity contribution >= 4 is 11.6 Å². The Kier molecular flexibility index (Phi) is 5.19. The Bertz CT molecular complexity index is 805. The lowest BCUT2D eigenvalue weighted by atomic mass is 10.1. The SMILES string of the molecule is O=C(Nc1ccccc1OCC(F)(F)F)c1cc(F)c(F)c(F)c1F. The summed E-state index contributed by atoms with van der Waals surface area (Å²) in [5.74, 6) is -9.83. The maximum atomic E-state index is 13.6. The third kappa shape index (κ3) is 4.40. The normalized spacial score (nSPS) is 11.3. The number of benzene rings is 2. The van der Waals surface area contributed by atoms with E-state index in [1.165, 1.54) is 12.1 Å². The quantitative estimate of drug-likeness (QED) is 0.493. The number of anilines is 1. The molecule has 3 nitrogen and oxygen atoms in total. The summed E-state index contributed by atoms with van der Waals surface area (Å²) in [6.45, 7) is -1.66. The molecule has 0 aromatic heterocycles. The summed E-state index contributed by atoms with van der Waals surface area (Å²) in [6, 6.07) is 4.96. The minimum Gasteiger partial charge on any atom is -0.482 e. The monoisotopic (exact) mass is 367 g/mol. The number of alkyl halides is 3. The van der Waals surface area contributed by atoms with Crippen LogP contribution in [0.5, 0.6) is 5.75 Å². The first-order chi connectivity index (χ1) is 11.6. The third-order valence-corrected chi connectivity index (χ3v) is 2.87. The van der Waals surface area contributed by atoms with Crippen molar-refractivity contribution in [3.05, 3.63) is 59.2 Å². The van der Waals surface area contributed by atoms with Crippen LogP contribution in [0.2, 0.25) is 0 Å². The molecular weight excluding hydrogens is 359 g/mol. The highest BCUT2D eigenvalue weighted by Gasteiger charge is 2.29. The molecular formula is C15H8F7NO2. The van der Waals surface area contributed by atoms with E-state index in [1.807, 2.05) is 5.32 Å². The van der Waals surface area contributed by atoms with Crippen LogP contribution in [-0.2, 0) is 0 Å². The molecule has 0 heterocycles. The van der Waals surface area contributed by atoms with Crippen LogP contribution in [0.15, 0.2) is 30.3 Å². The van der Waals surface area contributed by atoms with Gasteiger partial charge in [0.2, 0.25) is 0 Å². The van der Waals surface area contributed by atoms with Crippen LogP contribution < -0.4 is 10.1 Å². The number of nitrogens with one attached hydrogen (secondary N) is 1. The van der Waals surface area contributed by atoms with Crippen LogP contribution in [0.3, 0.4) is 0 Å². The van der Waals surface area contributed by atoms with Gasteiger partial charge in [-0.25, -0.2) is 17.6 Å². The van der Waals surface area contributed by atoms with Gasteiger partial charge in [-0.05, 0) is 18.2 Å². The molecule has 2 rings (SSSR count). The van der Waals surface area contributed by atoms with E-state index in [9.17, 15) is 35.5 Å². The highest BCUT2D eigenvalue weighted by molar-refractivity contribution is 6.05. The molecule has 0 unspecified atom stereocenters.